The van der Waals surface area contributed by atoms with E-state index in [9.17, 15) is 9.18 Å². The Labute approximate surface area is 156 Å². The van der Waals surface area contributed by atoms with Crippen LogP contribution in [0.1, 0.15) is 33.1 Å². The molecule has 3 nitrogen and oxygen atoms in total. The van der Waals surface area contributed by atoms with E-state index in [-0.39, 0.29) is 11.7 Å². The van der Waals surface area contributed by atoms with Crippen LogP contribution in [0.5, 0.6) is 0 Å². The summed E-state index contributed by atoms with van der Waals surface area (Å²) < 4.78 is 14.6. The van der Waals surface area contributed by atoms with Crippen LogP contribution >= 0.6 is 11.6 Å². The van der Waals surface area contributed by atoms with Crippen molar-refractivity contribution in [3.05, 3.63) is 100 Å². The van der Waals surface area contributed by atoms with Crippen molar-refractivity contribution in [1.29, 1.82) is 0 Å². The molecule has 26 heavy (non-hydrogen) atoms. The van der Waals surface area contributed by atoms with Gasteiger partial charge >= 0.3 is 0 Å². The fourth-order valence-electron chi connectivity index (χ4n) is 3.49. The SMILES string of the molecule is O=C(c1ccc(Cl)nc1)N1CCc2ccccc2C1c1ccccc1F. The smallest absolute Gasteiger partial charge is 0.256 e. The Hall–Kier alpha value is -2.72. The molecule has 2 heterocycles. The zero-order chi connectivity index (χ0) is 18.1. The third kappa shape index (κ3) is 2.97. The number of fused-ring (bicyclic) bond motifs is 1. The van der Waals surface area contributed by atoms with Gasteiger partial charge < -0.3 is 4.90 Å². The van der Waals surface area contributed by atoms with Gasteiger partial charge in [0.2, 0.25) is 0 Å². The molecule has 0 radical (unpaired) electrons. The summed E-state index contributed by atoms with van der Waals surface area (Å²) in [5.41, 5.74) is 3.03. The predicted molar refractivity (Wildman–Crippen MR) is 98.7 cm³/mol. The Bertz CT molecular complexity index is 958. The molecule has 0 saturated heterocycles. The first-order valence-electron chi connectivity index (χ1n) is 8.40. The lowest BCUT2D eigenvalue weighted by Gasteiger charge is -2.38. The van der Waals surface area contributed by atoms with E-state index >= 15 is 0 Å². The highest BCUT2D eigenvalue weighted by Gasteiger charge is 2.33. The highest BCUT2D eigenvalue weighted by molar-refractivity contribution is 6.29. The minimum atomic E-state index is -0.468. The van der Waals surface area contributed by atoms with Crippen LogP contribution in [0.15, 0.2) is 66.9 Å². The molecular weight excluding hydrogens is 351 g/mol. The maximum Gasteiger partial charge on any atom is 0.256 e. The van der Waals surface area contributed by atoms with Crippen LogP contribution in [0, 0.1) is 5.82 Å². The fraction of sp³-hybridized carbons (Fsp3) is 0.143. The molecule has 1 aliphatic rings. The molecule has 1 aliphatic heterocycles. The highest BCUT2D eigenvalue weighted by atomic mass is 35.5. The van der Waals surface area contributed by atoms with E-state index in [1.807, 2.05) is 24.3 Å². The summed E-state index contributed by atoms with van der Waals surface area (Å²) in [6, 6.07) is 17.3. The minimum absolute atomic E-state index is 0.183. The first-order valence-corrected chi connectivity index (χ1v) is 8.77. The summed E-state index contributed by atoms with van der Waals surface area (Å²) in [5.74, 6) is -0.502. The van der Waals surface area contributed by atoms with Gasteiger partial charge in [0, 0.05) is 18.3 Å². The minimum Gasteiger partial charge on any atom is -0.327 e. The number of rotatable bonds is 2. The number of aromatic nitrogens is 1. The van der Waals surface area contributed by atoms with Gasteiger partial charge in [0.15, 0.2) is 0 Å². The van der Waals surface area contributed by atoms with E-state index in [0.29, 0.717) is 22.8 Å². The maximum absolute atomic E-state index is 14.6. The zero-order valence-electron chi connectivity index (χ0n) is 13.9. The van der Waals surface area contributed by atoms with Crippen molar-refractivity contribution in [3.8, 4) is 0 Å². The summed E-state index contributed by atoms with van der Waals surface area (Å²) in [7, 11) is 0. The van der Waals surface area contributed by atoms with Crippen molar-refractivity contribution < 1.29 is 9.18 Å². The van der Waals surface area contributed by atoms with Crippen LogP contribution in [0.2, 0.25) is 5.15 Å². The summed E-state index contributed by atoms with van der Waals surface area (Å²) in [4.78, 5) is 18.8. The summed E-state index contributed by atoms with van der Waals surface area (Å²) in [6.07, 6.45) is 2.19. The fourth-order valence-corrected chi connectivity index (χ4v) is 3.60. The molecule has 0 N–H and O–H groups in total. The first kappa shape index (κ1) is 16.7. The highest BCUT2D eigenvalue weighted by Crippen LogP contribution is 2.37. The predicted octanol–water partition coefficient (Wildman–Crippen LogP) is 4.66. The summed E-state index contributed by atoms with van der Waals surface area (Å²) in [6.45, 7) is 0.511. The average molecular weight is 367 g/mol. The molecule has 0 fully saturated rings. The quantitative estimate of drug-likeness (QED) is 0.618. The number of hydrogen-bond acceptors (Lipinski definition) is 2. The molecule has 1 aromatic heterocycles. The number of pyridine rings is 1. The standard InChI is InChI=1S/C21H16ClFN2O/c22-19-10-9-15(13-24-19)21(26)25-12-11-14-5-1-2-6-16(14)20(25)17-7-3-4-8-18(17)23/h1-10,13,20H,11-12H2. The van der Waals surface area contributed by atoms with Gasteiger partial charge in [-0.15, -0.1) is 0 Å². The van der Waals surface area contributed by atoms with Crippen molar-refractivity contribution >= 4 is 17.5 Å². The van der Waals surface area contributed by atoms with Gasteiger partial charge in [-0.3, -0.25) is 4.79 Å². The van der Waals surface area contributed by atoms with E-state index in [4.69, 9.17) is 11.6 Å². The lowest BCUT2D eigenvalue weighted by molar-refractivity contribution is 0.0691. The second-order valence-electron chi connectivity index (χ2n) is 6.24. The summed E-state index contributed by atoms with van der Waals surface area (Å²) in [5, 5.41) is 0.330. The second-order valence-corrected chi connectivity index (χ2v) is 6.63. The molecule has 130 valence electrons. The third-order valence-corrected chi connectivity index (χ3v) is 4.94. The van der Waals surface area contributed by atoms with E-state index in [1.165, 1.54) is 12.3 Å². The topological polar surface area (TPSA) is 33.2 Å². The van der Waals surface area contributed by atoms with E-state index in [2.05, 4.69) is 4.98 Å². The molecule has 1 amide bonds. The van der Waals surface area contributed by atoms with Crippen LogP contribution in [0.3, 0.4) is 0 Å². The first-order chi connectivity index (χ1) is 12.6. The molecule has 0 bridgehead atoms. The Morgan fingerprint density at radius 3 is 2.50 bits per heavy atom. The number of benzene rings is 2. The molecule has 0 saturated carbocycles. The van der Waals surface area contributed by atoms with E-state index < -0.39 is 6.04 Å². The average Bonchev–Trinajstić information content (AvgIpc) is 2.68. The van der Waals surface area contributed by atoms with Crippen LogP contribution in [-0.4, -0.2) is 22.3 Å². The van der Waals surface area contributed by atoms with Crippen molar-refractivity contribution in [2.75, 3.05) is 6.54 Å². The Kier molecular flexibility index (Phi) is 4.43. The van der Waals surface area contributed by atoms with Gasteiger partial charge in [0.05, 0.1) is 11.6 Å². The Balaban J connectivity index is 1.82. The van der Waals surface area contributed by atoms with Crippen molar-refractivity contribution in [2.24, 2.45) is 0 Å². The molecule has 0 spiro atoms. The third-order valence-electron chi connectivity index (χ3n) is 4.72. The van der Waals surface area contributed by atoms with Crippen molar-refractivity contribution in [1.82, 2.24) is 9.88 Å². The monoisotopic (exact) mass is 366 g/mol. The normalized spacial score (nSPS) is 16.2. The van der Waals surface area contributed by atoms with Crippen LogP contribution in [0.4, 0.5) is 4.39 Å². The van der Waals surface area contributed by atoms with Gasteiger partial charge in [-0.25, -0.2) is 9.37 Å². The molecule has 1 atom stereocenters. The van der Waals surface area contributed by atoms with E-state index in [1.54, 1.807) is 35.2 Å². The molecule has 3 aromatic rings. The van der Waals surface area contributed by atoms with Crippen LogP contribution < -0.4 is 0 Å². The number of carbonyl (C=O) groups excluding carboxylic acids is 1. The van der Waals surface area contributed by atoms with Gasteiger partial charge in [-0.05, 0) is 35.7 Å². The van der Waals surface area contributed by atoms with Gasteiger partial charge in [0.1, 0.15) is 11.0 Å². The molecular formula is C21H16ClFN2O. The maximum atomic E-state index is 14.6. The number of halogens is 2. The molecule has 4 rings (SSSR count). The number of nitrogens with zero attached hydrogens (tertiary/aromatic N) is 2. The largest absolute Gasteiger partial charge is 0.327 e. The van der Waals surface area contributed by atoms with E-state index in [0.717, 1.165) is 17.5 Å². The molecule has 0 aliphatic carbocycles. The Morgan fingerprint density at radius 2 is 1.77 bits per heavy atom. The molecule has 2 aromatic carbocycles. The van der Waals surface area contributed by atoms with Crippen molar-refractivity contribution in [3.63, 3.8) is 0 Å². The molecule has 5 heteroatoms. The van der Waals surface area contributed by atoms with Crippen LogP contribution in [0.25, 0.3) is 0 Å². The Morgan fingerprint density at radius 1 is 1.04 bits per heavy atom. The zero-order valence-corrected chi connectivity index (χ0v) is 14.7. The lowest BCUT2D eigenvalue weighted by Crippen LogP contribution is -2.41. The lowest BCUT2D eigenvalue weighted by atomic mass is 9.87. The van der Waals surface area contributed by atoms with Crippen LogP contribution in [-0.2, 0) is 6.42 Å². The number of hydrogen-bond donors (Lipinski definition) is 0. The van der Waals surface area contributed by atoms with Gasteiger partial charge in [-0.2, -0.15) is 0 Å². The van der Waals surface area contributed by atoms with Crippen molar-refractivity contribution in [2.45, 2.75) is 12.5 Å². The second kappa shape index (κ2) is 6.89. The number of carbonyl (C=O) groups is 1. The number of amides is 1. The summed E-state index contributed by atoms with van der Waals surface area (Å²) >= 11 is 5.83. The van der Waals surface area contributed by atoms with Gasteiger partial charge in [-0.1, -0.05) is 54.1 Å². The van der Waals surface area contributed by atoms with Gasteiger partial charge in [0.25, 0.3) is 5.91 Å². The molecule has 1 unspecified atom stereocenters.